The predicted molar refractivity (Wildman–Crippen MR) is 86.1 cm³/mol. The maximum Gasteiger partial charge on any atom is 0.308 e. The highest BCUT2D eigenvalue weighted by atomic mass is 16.4. The molecule has 2 rings (SSSR count). The van der Waals surface area contributed by atoms with Gasteiger partial charge in [0.15, 0.2) is 0 Å². The monoisotopic (exact) mass is 297 g/mol. The largest absolute Gasteiger partial charge is 0.481 e. The van der Waals surface area contributed by atoms with Crippen LogP contribution in [0.5, 0.6) is 0 Å². The summed E-state index contributed by atoms with van der Waals surface area (Å²) in [4.78, 5) is 25.5. The first-order chi connectivity index (χ1) is 10.5. The minimum Gasteiger partial charge on any atom is -0.481 e. The van der Waals surface area contributed by atoms with Crippen molar-refractivity contribution in [1.82, 2.24) is 0 Å². The third kappa shape index (κ3) is 3.52. The fourth-order valence-corrected chi connectivity index (χ4v) is 2.25. The molecule has 1 unspecified atom stereocenters. The Morgan fingerprint density at radius 3 is 2.23 bits per heavy atom. The Morgan fingerprint density at radius 1 is 1.05 bits per heavy atom. The maximum absolute atomic E-state index is 12.8. The number of carbonyl (C=O) groups is 2. The van der Waals surface area contributed by atoms with E-state index in [1.165, 1.54) is 0 Å². The molecule has 1 amide bonds. The molecule has 0 radical (unpaired) electrons. The molecule has 0 aromatic heterocycles. The number of aliphatic carboxylic acids is 1. The molecule has 0 aliphatic carbocycles. The van der Waals surface area contributed by atoms with Gasteiger partial charge in [-0.25, -0.2) is 0 Å². The quantitative estimate of drug-likeness (QED) is 0.920. The summed E-state index contributed by atoms with van der Waals surface area (Å²) in [5.74, 6) is -1.75. The summed E-state index contributed by atoms with van der Waals surface area (Å²) in [7, 11) is 0. The number of carboxylic acids is 1. The Kier molecular flexibility index (Phi) is 4.94. The van der Waals surface area contributed by atoms with Gasteiger partial charge >= 0.3 is 5.97 Å². The van der Waals surface area contributed by atoms with Gasteiger partial charge in [0.2, 0.25) is 0 Å². The van der Waals surface area contributed by atoms with Gasteiger partial charge in [-0.1, -0.05) is 43.3 Å². The number of carboxylic acid groups (broad SMARTS) is 1. The lowest BCUT2D eigenvalue weighted by Crippen LogP contribution is -2.37. The van der Waals surface area contributed by atoms with Gasteiger partial charge in [-0.2, -0.15) is 0 Å². The van der Waals surface area contributed by atoms with E-state index < -0.39 is 11.9 Å². The van der Waals surface area contributed by atoms with E-state index >= 15 is 0 Å². The van der Waals surface area contributed by atoms with E-state index in [1.807, 2.05) is 37.3 Å². The zero-order valence-corrected chi connectivity index (χ0v) is 12.7. The van der Waals surface area contributed by atoms with E-state index in [0.717, 1.165) is 11.3 Å². The van der Waals surface area contributed by atoms with Crippen molar-refractivity contribution in [3.05, 3.63) is 65.7 Å². The van der Waals surface area contributed by atoms with Crippen molar-refractivity contribution < 1.29 is 14.7 Å². The zero-order chi connectivity index (χ0) is 16.1. The Hall–Kier alpha value is -2.62. The molecule has 0 bridgehead atoms. The summed E-state index contributed by atoms with van der Waals surface area (Å²) < 4.78 is 0. The lowest BCUT2D eigenvalue weighted by atomic mass is 10.1. The third-order valence-electron chi connectivity index (χ3n) is 3.55. The van der Waals surface area contributed by atoms with Crippen molar-refractivity contribution in [2.75, 3.05) is 11.4 Å². The summed E-state index contributed by atoms with van der Waals surface area (Å²) in [6.45, 7) is 3.64. The minimum atomic E-state index is -0.917. The van der Waals surface area contributed by atoms with Gasteiger partial charge in [0.05, 0.1) is 5.92 Å². The normalized spacial score (nSPS) is 11.7. The van der Waals surface area contributed by atoms with E-state index in [9.17, 15) is 9.59 Å². The highest BCUT2D eigenvalue weighted by molar-refractivity contribution is 6.06. The molecular formula is C18H19NO3. The van der Waals surface area contributed by atoms with Crippen LogP contribution >= 0.6 is 0 Å². The molecule has 1 atom stereocenters. The molecule has 0 heterocycles. The molecule has 4 heteroatoms. The smallest absolute Gasteiger partial charge is 0.308 e. The number of carbonyl (C=O) groups excluding carboxylic acids is 1. The molecule has 2 aromatic rings. The molecule has 4 nitrogen and oxygen atoms in total. The van der Waals surface area contributed by atoms with Gasteiger partial charge < -0.3 is 10.0 Å². The van der Waals surface area contributed by atoms with Crippen molar-refractivity contribution in [2.24, 2.45) is 5.92 Å². The maximum atomic E-state index is 12.8. The molecule has 1 N–H and O–H groups in total. The van der Waals surface area contributed by atoms with Crippen molar-refractivity contribution in [3.8, 4) is 0 Å². The van der Waals surface area contributed by atoms with Gasteiger partial charge in [-0.15, -0.1) is 0 Å². The zero-order valence-electron chi connectivity index (χ0n) is 12.7. The van der Waals surface area contributed by atoms with Crippen molar-refractivity contribution in [2.45, 2.75) is 13.8 Å². The molecule has 22 heavy (non-hydrogen) atoms. The summed E-state index contributed by atoms with van der Waals surface area (Å²) in [5, 5.41) is 9.16. The number of nitrogens with zero attached hydrogens (tertiary/aromatic N) is 1. The second kappa shape index (κ2) is 6.89. The van der Waals surface area contributed by atoms with Crippen LogP contribution in [0.15, 0.2) is 54.6 Å². The van der Waals surface area contributed by atoms with Crippen LogP contribution < -0.4 is 4.90 Å². The summed E-state index contributed by atoms with van der Waals surface area (Å²) in [5.41, 5.74) is 2.22. The van der Waals surface area contributed by atoms with Gasteiger partial charge in [0, 0.05) is 17.8 Å². The van der Waals surface area contributed by atoms with Crippen molar-refractivity contribution in [1.29, 1.82) is 0 Å². The number of rotatable bonds is 5. The molecule has 0 saturated heterocycles. The molecule has 0 aliphatic heterocycles. The number of amides is 1. The Morgan fingerprint density at radius 2 is 1.64 bits per heavy atom. The fourth-order valence-electron chi connectivity index (χ4n) is 2.25. The number of para-hydroxylation sites is 1. The summed E-state index contributed by atoms with van der Waals surface area (Å²) in [6.07, 6.45) is 0. The Balaban J connectivity index is 2.40. The first-order valence-electron chi connectivity index (χ1n) is 7.16. The van der Waals surface area contributed by atoms with Gasteiger partial charge in [0.1, 0.15) is 0 Å². The summed E-state index contributed by atoms with van der Waals surface area (Å²) in [6, 6.07) is 16.4. The standard InChI is InChI=1S/C18H19NO3/c1-13-8-6-7-11-16(13)19(12-14(2)18(21)22)17(20)15-9-4-3-5-10-15/h3-11,14H,12H2,1-2H3,(H,21,22). The molecule has 0 aliphatic rings. The predicted octanol–water partition coefficient (Wildman–Crippen LogP) is 3.36. The second-order valence-electron chi connectivity index (χ2n) is 5.31. The second-order valence-corrected chi connectivity index (χ2v) is 5.31. The number of anilines is 1. The van der Waals surface area contributed by atoms with Crippen LogP contribution in [-0.4, -0.2) is 23.5 Å². The number of hydrogen-bond donors (Lipinski definition) is 1. The highest BCUT2D eigenvalue weighted by Gasteiger charge is 2.23. The van der Waals surface area contributed by atoms with Crippen LogP contribution in [0.2, 0.25) is 0 Å². The van der Waals surface area contributed by atoms with Crippen LogP contribution in [-0.2, 0) is 4.79 Å². The Labute approximate surface area is 130 Å². The lowest BCUT2D eigenvalue weighted by molar-refractivity contribution is -0.140. The fraction of sp³-hybridized carbons (Fsp3) is 0.222. The topological polar surface area (TPSA) is 57.6 Å². The van der Waals surface area contributed by atoms with Crippen LogP contribution in [0, 0.1) is 12.8 Å². The van der Waals surface area contributed by atoms with Crippen LogP contribution in [0.25, 0.3) is 0 Å². The highest BCUT2D eigenvalue weighted by Crippen LogP contribution is 2.23. The van der Waals surface area contributed by atoms with Crippen molar-refractivity contribution >= 4 is 17.6 Å². The molecule has 0 spiro atoms. The minimum absolute atomic E-state index is 0.133. The van der Waals surface area contributed by atoms with Crippen LogP contribution in [0.1, 0.15) is 22.8 Å². The molecule has 0 fully saturated rings. The van der Waals surface area contributed by atoms with E-state index in [-0.39, 0.29) is 12.5 Å². The van der Waals surface area contributed by atoms with Crippen LogP contribution in [0.3, 0.4) is 0 Å². The average Bonchev–Trinajstić information content (AvgIpc) is 2.53. The lowest BCUT2D eigenvalue weighted by Gasteiger charge is -2.26. The molecule has 114 valence electrons. The van der Waals surface area contributed by atoms with E-state index in [2.05, 4.69) is 0 Å². The first kappa shape index (κ1) is 15.8. The number of hydrogen-bond acceptors (Lipinski definition) is 2. The molecular weight excluding hydrogens is 278 g/mol. The van der Waals surface area contributed by atoms with E-state index in [0.29, 0.717) is 5.56 Å². The SMILES string of the molecule is Cc1ccccc1N(CC(C)C(=O)O)C(=O)c1ccccc1. The van der Waals surface area contributed by atoms with Crippen LogP contribution in [0.4, 0.5) is 5.69 Å². The first-order valence-corrected chi connectivity index (χ1v) is 7.16. The van der Waals surface area contributed by atoms with Crippen molar-refractivity contribution in [3.63, 3.8) is 0 Å². The average molecular weight is 297 g/mol. The summed E-state index contributed by atoms with van der Waals surface area (Å²) >= 11 is 0. The van der Waals surface area contributed by atoms with Gasteiger partial charge in [0.25, 0.3) is 5.91 Å². The van der Waals surface area contributed by atoms with Gasteiger partial charge in [-0.05, 0) is 30.7 Å². The van der Waals surface area contributed by atoms with E-state index in [4.69, 9.17) is 5.11 Å². The third-order valence-corrected chi connectivity index (χ3v) is 3.55. The number of aryl methyl sites for hydroxylation is 1. The van der Waals surface area contributed by atoms with E-state index in [1.54, 1.807) is 36.1 Å². The Bertz CT molecular complexity index is 667. The molecule has 2 aromatic carbocycles. The number of benzene rings is 2. The van der Waals surface area contributed by atoms with Gasteiger partial charge in [-0.3, -0.25) is 9.59 Å². The molecule has 0 saturated carbocycles.